The Morgan fingerprint density at radius 3 is 2.42 bits per heavy atom. The van der Waals surface area contributed by atoms with E-state index in [9.17, 15) is 13.0 Å². The number of hydrogen-bond acceptors (Lipinski definition) is 2. The van der Waals surface area contributed by atoms with Gasteiger partial charge in [0.25, 0.3) is 0 Å². The van der Waals surface area contributed by atoms with Crippen LogP contribution in [0.15, 0.2) is 53.4 Å². The van der Waals surface area contributed by atoms with E-state index < -0.39 is 28.5 Å². The molecule has 2 atom stereocenters. The van der Waals surface area contributed by atoms with Gasteiger partial charge in [0.2, 0.25) is 0 Å². The van der Waals surface area contributed by atoms with Gasteiger partial charge in [-0.1, -0.05) is 30.3 Å². The number of halogens is 2. The fraction of sp³-hybridized carbons (Fsp3) is 0.143. The summed E-state index contributed by atoms with van der Waals surface area (Å²) < 4.78 is 38.3. The van der Waals surface area contributed by atoms with Crippen LogP contribution in [0.4, 0.5) is 8.78 Å². The van der Waals surface area contributed by atoms with Crippen LogP contribution in [-0.4, -0.2) is 9.96 Å². The minimum absolute atomic E-state index is 0.0206. The minimum Gasteiger partial charge on any atom is -0.323 e. The normalized spacial score (nSPS) is 14.1. The van der Waals surface area contributed by atoms with Crippen molar-refractivity contribution >= 4 is 10.8 Å². The molecule has 0 heterocycles. The summed E-state index contributed by atoms with van der Waals surface area (Å²) in [6.45, 7) is 0. The van der Waals surface area contributed by atoms with E-state index in [0.717, 1.165) is 17.7 Å². The molecule has 0 saturated heterocycles. The molecular weight excluding hydrogens is 268 g/mol. The molecule has 100 valence electrons. The Bertz CT molecular complexity index is 589. The standard InChI is InChI=1S/C14H13F2NOS/c15-11-6-7-14(12(16)8-11)19(18)9-13(17)10-4-2-1-3-5-10/h1-8,13H,9,17H2. The molecule has 0 aliphatic heterocycles. The maximum absolute atomic E-state index is 13.5. The van der Waals surface area contributed by atoms with Gasteiger partial charge in [0, 0.05) is 17.9 Å². The van der Waals surface area contributed by atoms with Crippen molar-refractivity contribution in [3.8, 4) is 0 Å². The summed E-state index contributed by atoms with van der Waals surface area (Å²) in [6, 6.07) is 11.7. The van der Waals surface area contributed by atoms with E-state index in [-0.39, 0.29) is 10.6 Å². The highest BCUT2D eigenvalue weighted by molar-refractivity contribution is 7.85. The van der Waals surface area contributed by atoms with Gasteiger partial charge in [-0.2, -0.15) is 0 Å². The van der Waals surface area contributed by atoms with Crippen LogP contribution in [0.25, 0.3) is 0 Å². The number of hydrogen-bond donors (Lipinski definition) is 1. The van der Waals surface area contributed by atoms with Crippen molar-refractivity contribution in [3.05, 3.63) is 65.7 Å². The lowest BCUT2D eigenvalue weighted by Crippen LogP contribution is -2.18. The van der Waals surface area contributed by atoms with Gasteiger partial charge >= 0.3 is 0 Å². The van der Waals surface area contributed by atoms with Crippen molar-refractivity contribution in [2.45, 2.75) is 10.9 Å². The van der Waals surface area contributed by atoms with Crippen LogP contribution in [0.3, 0.4) is 0 Å². The number of nitrogens with two attached hydrogens (primary N) is 1. The first-order valence-corrected chi connectivity index (χ1v) is 7.04. The second kappa shape index (κ2) is 6.04. The summed E-state index contributed by atoms with van der Waals surface area (Å²) in [7, 11) is -1.60. The van der Waals surface area contributed by atoms with E-state index in [1.807, 2.05) is 30.3 Å². The third-order valence-corrected chi connectivity index (χ3v) is 4.18. The van der Waals surface area contributed by atoms with E-state index >= 15 is 0 Å². The summed E-state index contributed by atoms with van der Waals surface area (Å²) in [5, 5.41) is 0. The first-order chi connectivity index (χ1) is 9.08. The van der Waals surface area contributed by atoms with Gasteiger partial charge in [-0.05, 0) is 17.7 Å². The van der Waals surface area contributed by atoms with E-state index in [1.165, 1.54) is 6.07 Å². The molecular formula is C14H13F2NOS. The average molecular weight is 281 g/mol. The molecule has 0 radical (unpaired) electrons. The van der Waals surface area contributed by atoms with Gasteiger partial charge < -0.3 is 5.73 Å². The van der Waals surface area contributed by atoms with Gasteiger partial charge in [-0.3, -0.25) is 4.21 Å². The van der Waals surface area contributed by atoms with Crippen molar-refractivity contribution in [2.75, 3.05) is 5.75 Å². The molecule has 2 aromatic rings. The summed E-state index contributed by atoms with van der Waals surface area (Å²) in [4.78, 5) is -0.0206. The number of rotatable bonds is 4. The average Bonchev–Trinajstić information content (AvgIpc) is 2.39. The Morgan fingerprint density at radius 2 is 1.79 bits per heavy atom. The highest BCUT2D eigenvalue weighted by atomic mass is 32.2. The molecule has 0 spiro atoms. The summed E-state index contributed by atoms with van der Waals surface area (Å²) in [6.07, 6.45) is 0. The Labute approximate surface area is 112 Å². The van der Waals surface area contributed by atoms with Gasteiger partial charge in [0.15, 0.2) is 0 Å². The topological polar surface area (TPSA) is 43.1 Å². The predicted molar refractivity (Wildman–Crippen MR) is 71.0 cm³/mol. The summed E-state index contributed by atoms with van der Waals surface area (Å²) >= 11 is 0. The van der Waals surface area contributed by atoms with Crippen LogP contribution in [-0.2, 0) is 10.8 Å². The van der Waals surface area contributed by atoms with E-state index in [2.05, 4.69) is 0 Å². The van der Waals surface area contributed by atoms with Gasteiger partial charge in [-0.25, -0.2) is 8.78 Å². The van der Waals surface area contributed by atoms with Crippen LogP contribution < -0.4 is 5.73 Å². The van der Waals surface area contributed by atoms with E-state index in [0.29, 0.717) is 0 Å². The maximum Gasteiger partial charge on any atom is 0.142 e. The smallest absolute Gasteiger partial charge is 0.142 e. The molecule has 0 aromatic heterocycles. The molecule has 0 aliphatic carbocycles. The van der Waals surface area contributed by atoms with Crippen molar-refractivity contribution in [1.82, 2.24) is 0 Å². The molecule has 0 bridgehead atoms. The molecule has 2 unspecified atom stereocenters. The van der Waals surface area contributed by atoms with Crippen LogP contribution in [0.5, 0.6) is 0 Å². The highest BCUT2D eigenvalue weighted by Gasteiger charge is 2.15. The molecule has 2 nitrogen and oxygen atoms in total. The summed E-state index contributed by atoms with van der Waals surface area (Å²) in [5.74, 6) is -1.41. The van der Waals surface area contributed by atoms with Gasteiger partial charge in [0.1, 0.15) is 11.6 Å². The third-order valence-electron chi connectivity index (χ3n) is 2.70. The van der Waals surface area contributed by atoms with Crippen molar-refractivity contribution in [3.63, 3.8) is 0 Å². The lowest BCUT2D eigenvalue weighted by molar-refractivity contribution is 0.561. The molecule has 2 aromatic carbocycles. The van der Waals surface area contributed by atoms with Crippen molar-refractivity contribution in [1.29, 1.82) is 0 Å². The predicted octanol–water partition coefficient (Wildman–Crippen LogP) is 2.77. The lowest BCUT2D eigenvalue weighted by Gasteiger charge is -2.12. The molecule has 5 heteroatoms. The zero-order chi connectivity index (χ0) is 13.8. The number of benzene rings is 2. The second-order valence-electron chi connectivity index (χ2n) is 4.10. The lowest BCUT2D eigenvalue weighted by atomic mass is 10.1. The van der Waals surface area contributed by atoms with Crippen LogP contribution >= 0.6 is 0 Å². The minimum atomic E-state index is -1.60. The van der Waals surface area contributed by atoms with Crippen LogP contribution in [0.2, 0.25) is 0 Å². The van der Waals surface area contributed by atoms with E-state index in [4.69, 9.17) is 5.73 Å². The highest BCUT2D eigenvalue weighted by Crippen LogP contribution is 2.18. The van der Waals surface area contributed by atoms with Gasteiger partial charge in [0.05, 0.1) is 15.7 Å². The zero-order valence-electron chi connectivity index (χ0n) is 10.1. The van der Waals surface area contributed by atoms with Crippen LogP contribution in [0.1, 0.15) is 11.6 Å². The first kappa shape index (κ1) is 13.8. The van der Waals surface area contributed by atoms with Crippen molar-refractivity contribution < 1.29 is 13.0 Å². The Hall–Kier alpha value is -1.59. The first-order valence-electron chi connectivity index (χ1n) is 5.72. The molecule has 2 N–H and O–H groups in total. The monoisotopic (exact) mass is 281 g/mol. The van der Waals surface area contributed by atoms with Crippen LogP contribution in [0, 0.1) is 11.6 Å². The zero-order valence-corrected chi connectivity index (χ0v) is 10.9. The largest absolute Gasteiger partial charge is 0.323 e. The van der Waals surface area contributed by atoms with E-state index in [1.54, 1.807) is 0 Å². The molecule has 0 aliphatic rings. The Morgan fingerprint density at radius 1 is 1.11 bits per heavy atom. The second-order valence-corrected chi connectivity index (χ2v) is 5.57. The fourth-order valence-electron chi connectivity index (χ4n) is 1.71. The molecule has 0 amide bonds. The van der Waals surface area contributed by atoms with Gasteiger partial charge in [-0.15, -0.1) is 0 Å². The Kier molecular flexibility index (Phi) is 4.39. The third kappa shape index (κ3) is 3.45. The summed E-state index contributed by atoms with van der Waals surface area (Å²) in [5.41, 5.74) is 6.76. The molecule has 2 rings (SSSR count). The van der Waals surface area contributed by atoms with Crippen molar-refractivity contribution in [2.24, 2.45) is 5.73 Å². The Balaban J connectivity index is 2.13. The quantitative estimate of drug-likeness (QED) is 0.936. The fourth-order valence-corrected chi connectivity index (χ4v) is 2.90. The molecule has 0 fully saturated rings. The SMILES string of the molecule is NC(CS(=O)c1ccc(F)cc1F)c1ccccc1. The maximum atomic E-state index is 13.5. The molecule has 19 heavy (non-hydrogen) atoms. The molecule has 0 saturated carbocycles.